The average Bonchev–Trinajstić information content (AvgIpc) is 2.40. The lowest BCUT2D eigenvalue weighted by Crippen LogP contribution is -2.10. The minimum Gasteiger partial charge on any atom is -0.454 e. The Bertz CT molecular complexity index is 585. The van der Waals surface area contributed by atoms with Crippen molar-refractivity contribution in [2.24, 2.45) is 0 Å². The second kappa shape index (κ2) is 5.96. The lowest BCUT2D eigenvalue weighted by molar-refractivity contribution is 0.438. The maximum Gasteiger partial charge on any atom is 0.167 e. The van der Waals surface area contributed by atoms with E-state index in [1.54, 1.807) is 6.07 Å². The molecule has 0 bridgehead atoms. The second-order valence-electron chi connectivity index (χ2n) is 5.74. The minimum atomic E-state index is -0.346. The fourth-order valence-electron chi connectivity index (χ4n) is 1.91. The van der Waals surface area contributed by atoms with Gasteiger partial charge in [0.2, 0.25) is 0 Å². The van der Waals surface area contributed by atoms with Gasteiger partial charge >= 0.3 is 0 Å². The van der Waals surface area contributed by atoms with Crippen LogP contribution in [0.2, 0.25) is 0 Å². The zero-order valence-corrected chi connectivity index (χ0v) is 13.5. The highest BCUT2D eigenvalue weighted by molar-refractivity contribution is 9.08. The molecule has 0 fully saturated rings. The number of para-hydroxylation sites is 1. The normalized spacial score (nSPS) is 11.4. The van der Waals surface area contributed by atoms with Crippen LogP contribution >= 0.6 is 15.9 Å². The number of alkyl halides is 1. The summed E-state index contributed by atoms with van der Waals surface area (Å²) in [7, 11) is 0. The van der Waals surface area contributed by atoms with Crippen LogP contribution in [-0.4, -0.2) is 0 Å². The van der Waals surface area contributed by atoms with E-state index in [1.807, 2.05) is 30.3 Å². The third kappa shape index (κ3) is 3.40. The molecule has 0 heterocycles. The van der Waals surface area contributed by atoms with Crippen LogP contribution in [0.15, 0.2) is 42.5 Å². The van der Waals surface area contributed by atoms with Crippen molar-refractivity contribution < 1.29 is 9.13 Å². The Morgan fingerprint density at radius 2 is 1.70 bits per heavy atom. The van der Waals surface area contributed by atoms with Gasteiger partial charge in [-0.2, -0.15) is 0 Å². The van der Waals surface area contributed by atoms with Crippen molar-refractivity contribution in [1.29, 1.82) is 0 Å². The quantitative estimate of drug-likeness (QED) is 0.642. The molecule has 0 saturated heterocycles. The van der Waals surface area contributed by atoms with Gasteiger partial charge < -0.3 is 4.74 Å². The van der Waals surface area contributed by atoms with Crippen LogP contribution in [-0.2, 0) is 10.7 Å². The molecule has 0 radical (unpaired) electrons. The molecule has 0 unspecified atom stereocenters. The fourth-order valence-corrected chi connectivity index (χ4v) is 2.36. The predicted octanol–water partition coefficient (Wildman–Crippen LogP) is 5.81. The largest absolute Gasteiger partial charge is 0.454 e. The molecule has 2 rings (SSSR count). The SMILES string of the molecule is CC(C)(C)c1ccc(Oc2c(F)cccc2CBr)cc1. The molecule has 0 saturated carbocycles. The molecule has 0 amide bonds. The van der Waals surface area contributed by atoms with Crippen molar-refractivity contribution in [2.45, 2.75) is 31.5 Å². The molecule has 0 atom stereocenters. The highest BCUT2D eigenvalue weighted by atomic mass is 79.9. The number of hydrogen-bond acceptors (Lipinski definition) is 1. The van der Waals surface area contributed by atoms with Gasteiger partial charge in [0.05, 0.1) is 0 Å². The maximum atomic E-state index is 13.8. The highest BCUT2D eigenvalue weighted by Crippen LogP contribution is 2.31. The Hall–Kier alpha value is -1.35. The number of rotatable bonds is 3. The van der Waals surface area contributed by atoms with Gasteiger partial charge in [0.25, 0.3) is 0 Å². The standard InChI is InChI=1S/C17H18BrFO/c1-17(2,3)13-7-9-14(10-8-13)20-16-12(11-18)5-4-6-15(16)19/h4-10H,11H2,1-3H3. The first-order valence-electron chi connectivity index (χ1n) is 6.53. The van der Waals surface area contributed by atoms with Gasteiger partial charge in [-0.25, -0.2) is 4.39 Å². The first kappa shape index (κ1) is 15.0. The summed E-state index contributed by atoms with van der Waals surface area (Å²) >= 11 is 3.35. The number of halogens is 2. The monoisotopic (exact) mass is 336 g/mol. The molecule has 3 heteroatoms. The number of benzene rings is 2. The molecule has 0 N–H and O–H groups in total. The van der Waals surface area contributed by atoms with Crippen LogP contribution in [0.5, 0.6) is 11.5 Å². The van der Waals surface area contributed by atoms with Crippen LogP contribution in [0.4, 0.5) is 4.39 Å². The minimum absolute atomic E-state index is 0.0948. The molecule has 0 aromatic heterocycles. The molecular weight excluding hydrogens is 319 g/mol. The zero-order chi connectivity index (χ0) is 14.8. The molecule has 2 aromatic carbocycles. The Morgan fingerprint density at radius 3 is 2.25 bits per heavy atom. The van der Waals surface area contributed by atoms with Crippen molar-refractivity contribution in [1.82, 2.24) is 0 Å². The average molecular weight is 337 g/mol. The molecule has 20 heavy (non-hydrogen) atoms. The molecule has 106 valence electrons. The smallest absolute Gasteiger partial charge is 0.167 e. The van der Waals surface area contributed by atoms with E-state index in [2.05, 4.69) is 36.7 Å². The van der Waals surface area contributed by atoms with E-state index in [4.69, 9.17) is 4.74 Å². The molecule has 0 aliphatic carbocycles. The van der Waals surface area contributed by atoms with Gasteiger partial charge in [0.1, 0.15) is 5.75 Å². The Kier molecular flexibility index (Phi) is 4.48. The lowest BCUT2D eigenvalue weighted by atomic mass is 9.87. The van der Waals surface area contributed by atoms with Gasteiger partial charge in [0.15, 0.2) is 11.6 Å². The molecule has 0 aliphatic heterocycles. The zero-order valence-electron chi connectivity index (χ0n) is 11.9. The summed E-state index contributed by atoms with van der Waals surface area (Å²) in [6.45, 7) is 6.47. The van der Waals surface area contributed by atoms with Gasteiger partial charge in [0, 0.05) is 10.9 Å². The van der Waals surface area contributed by atoms with E-state index in [1.165, 1.54) is 11.6 Å². The Labute approximate surface area is 127 Å². The van der Waals surface area contributed by atoms with Gasteiger partial charge in [-0.05, 0) is 29.2 Å². The van der Waals surface area contributed by atoms with Crippen molar-refractivity contribution >= 4 is 15.9 Å². The first-order valence-corrected chi connectivity index (χ1v) is 7.65. The van der Waals surface area contributed by atoms with Crippen LogP contribution in [0.3, 0.4) is 0 Å². The summed E-state index contributed by atoms with van der Waals surface area (Å²) < 4.78 is 19.5. The third-order valence-corrected chi connectivity index (χ3v) is 3.74. The van der Waals surface area contributed by atoms with E-state index in [9.17, 15) is 4.39 Å². The fraction of sp³-hybridized carbons (Fsp3) is 0.294. The molecule has 1 nitrogen and oxygen atoms in total. The summed E-state index contributed by atoms with van der Waals surface area (Å²) in [5, 5.41) is 0.556. The highest BCUT2D eigenvalue weighted by Gasteiger charge is 2.14. The third-order valence-electron chi connectivity index (χ3n) is 3.13. The Balaban J connectivity index is 2.27. The van der Waals surface area contributed by atoms with Crippen LogP contribution < -0.4 is 4.74 Å². The van der Waals surface area contributed by atoms with Crippen LogP contribution in [0.1, 0.15) is 31.9 Å². The topological polar surface area (TPSA) is 9.23 Å². The van der Waals surface area contributed by atoms with E-state index >= 15 is 0 Å². The van der Waals surface area contributed by atoms with E-state index in [-0.39, 0.29) is 17.0 Å². The molecule has 0 spiro atoms. The number of ether oxygens (including phenoxy) is 1. The van der Waals surface area contributed by atoms with E-state index in [0.717, 1.165) is 5.56 Å². The summed E-state index contributed by atoms with van der Waals surface area (Å²) in [6, 6.07) is 12.7. The predicted molar refractivity (Wildman–Crippen MR) is 84.2 cm³/mol. The first-order chi connectivity index (χ1) is 9.41. The number of hydrogen-bond donors (Lipinski definition) is 0. The summed E-state index contributed by atoms with van der Waals surface area (Å²) in [6.07, 6.45) is 0. The molecule has 2 aromatic rings. The van der Waals surface area contributed by atoms with Crippen molar-refractivity contribution in [3.8, 4) is 11.5 Å². The van der Waals surface area contributed by atoms with Gasteiger partial charge in [-0.1, -0.05) is 61.0 Å². The molecular formula is C17H18BrFO. The van der Waals surface area contributed by atoms with Crippen molar-refractivity contribution in [3.05, 3.63) is 59.4 Å². The maximum absolute atomic E-state index is 13.8. The van der Waals surface area contributed by atoms with Gasteiger partial charge in [-0.3, -0.25) is 0 Å². The Morgan fingerprint density at radius 1 is 1.05 bits per heavy atom. The van der Waals surface area contributed by atoms with Crippen molar-refractivity contribution in [2.75, 3.05) is 0 Å². The van der Waals surface area contributed by atoms with E-state index in [0.29, 0.717) is 11.1 Å². The summed E-state index contributed by atoms with van der Waals surface area (Å²) in [4.78, 5) is 0. The molecule has 0 aliphatic rings. The second-order valence-corrected chi connectivity index (χ2v) is 6.30. The lowest BCUT2D eigenvalue weighted by Gasteiger charge is -2.19. The summed E-state index contributed by atoms with van der Waals surface area (Å²) in [5.74, 6) is 0.583. The van der Waals surface area contributed by atoms with E-state index < -0.39 is 0 Å². The summed E-state index contributed by atoms with van der Waals surface area (Å²) in [5.41, 5.74) is 2.11. The van der Waals surface area contributed by atoms with Crippen LogP contribution in [0, 0.1) is 5.82 Å². The van der Waals surface area contributed by atoms with Crippen molar-refractivity contribution in [3.63, 3.8) is 0 Å². The van der Waals surface area contributed by atoms with Gasteiger partial charge in [-0.15, -0.1) is 0 Å². The van der Waals surface area contributed by atoms with Crippen LogP contribution in [0.25, 0.3) is 0 Å².